The monoisotopic (exact) mass is 495 g/mol. The first-order chi connectivity index (χ1) is 16.9. The van der Waals surface area contributed by atoms with Gasteiger partial charge in [0.25, 0.3) is 5.91 Å². The normalized spacial score (nSPS) is 18.6. The van der Waals surface area contributed by atoms with Gasteiger partial charge in [-0.2, -0.15) is 0 Å². The molecule has 1 amide bonds. The molecule has 36 heavy (non-hydrogen) atoms. The maximum atomic E-state index is 13.1. The minimum atomic E-state index is -1.22. The van der Waals surface area contributed by atoms with E-state index in [1.54, 1.807) is 30.0 Å². The first kappa shape index (κ1) is 25.0. The molecule has 10 heteroatoms. The number of ether oxygens (including phenoxy) is 3. The largest absolute Gasteiger partial charge is 0.493 e. The number of aliphatic carboxylic acids is 1. The zero-order valence-electron chi connectivity index (χ0n) is 20.6. The SMILES string of the molecule is CCOc1cc2c(cc1C(N)=O)C(=N)N(CC(=O)c1ccc3c(c1)OC(C(=O)O)C(C(C)(C)C)O3)C2. The fraction of sp³-hybridized carbons (Fsp3) is 0.385. The van der Waals surface area contributed by atoms with E-state index in [0.717, 1.165) is 5.56 Å². The minimum Gasteiger partial charge on any atom is -0.493 e. The van der Waals surface area contributed by atoms with E-state index in [-0.39, 0.29) is 36.0 Å². The van der Waals surface area contributed by atoms with Crippen molar-refractivity contribution in [1.82, 2.24) is 4.90 Å². The summed E-state index contributed by atoms with van der Waals surface area (Å²) in [6, 6.07) is 7.86. The van der Waals surface area contributed by atoms with Crippen LogP contribution in [0.4, 0.5) is 0 Å². The zero-order chi connectivity index (χ0) is 26.4. The van der Waals surface area contributed by atoms with Crippen molar-refractivity contribution in [1.29, 1.82) is 5.41 Å². The predicted octanol–water partition coefficient (Wildman–Crippen LogP) is 2.85. The van der Waals surface area contributed by atoms with Crippen LogP contribution in [0.3, 0.4) is 0 Å². The molecule has 2 unspecified atom stereocenters. The van der Waals surface area contributed by atoms with Crippen LogP contribution >= 0.6 is 0 Å². The number of ketones is 1. The smallest absolute Gasteiger partial charge is 0.348 e. The summed E-state index contributed by atoms with van der Waals surface area (Å²) in [5.74, 6) is -1.10. The standard InChI is InChI=1S/C26H29N3O7/c1-5-34-19-9-14-11-29(23(27)15(14)10-16(19)24(28)31)12-17(30)13-6-7-18-20(8-13)35-21(25(32)33)22(36-18)26(2,3)4/h6-10,21-22,27H,5,11-12H2,1-4H3,(H2,28,31)(H,32,33). The molecule has 0 aromatic heterocycles. The Bertz CT molecular complexity index is 1260. The minimum absolute atomic E-state index is 0.0976. The van der Waals surface area contributed by atoms with E-state index in [1.807, 2.05) is 20.8 Å². The number of fused-ring (bicyclic) bond motifs is 2. The molecule has 0 aliphatic carbocycles. The Balaban J connectivity index is 1.54. The molecule has 2 atom stereocenters. The number of Topliss-reactive ketones (excluding diaryl/α,β-unsaturated/α-hetero) is 1. The molecule has 2 heterocycles. The third-order valence-corrected chi connectivity index (χ3v) is 6.18. The highest BCUT2D eigenvalue weighted by Crippen LogP contribution is 2.40. The summed E-state index contributed by atoms with van der Waals surface area (Å²) in [5, 5.41) is 18.2. The Morgan fingerprint density at radius 1 is 1.17 bits per heavy atom. The number of benzene rings is 2. The highest BCUT2D eigenvalue weighted by Gasteiger charge is 2.44. The van der Waals surface area contributed by atoms with E-state index in [0.29, 0.717) is 29.2 Å². The summed E-state index contributed by atoms with van der Waals surface area (Å²) in [4.78, 5) is 38.4. The number of nitrogens with two attached hydrogens (primary N) is 1. The number of primary amides is 1. The van der Waals surface area contributed by atoms with Crippen molar-refractivity contribution in [2.75, 3.05) is 13.2 Å². The maximum absolute atomic E-state index is 13.1. The van der Waals surface area contributed by atoms with Gasteiger partial charge in [-0.3, -0.25) is 15.0 Å². The van der Waals surface area contributed by atoms with Crippen molar-refractivity contribution in [2.24, 2.45) is 11.1 Å². The number of nitrogens with one attached hydrogen (secondary N) is 1. The predicted molar refractivity (Wildman–Crippen MR) is 130 cm³/mol. The molecule has 10 nitrogen and oxygen atoms in total. The van der Waals surface area contributed by atoms with Gasteiger partial charge in [-0.25, -0.2) is 4.79 Å². The molecule has 4 rings (SSSR count). The topological polar surface area (TPSA) is 152 Å². The van der Waals surface area contributed by atoms with Gasteiger partial charge in [0.1, 0.15) is 11.6 Å². The van der Waals surface area contributed by atoms with Crippen molar-refractivity contribution in [2.45, 2.75) is 46.4 Å². The fourth-order valence-corrected chi connectivity index (χ4v) is 4.37. The molecular formula is C26H29N3O7. The van der Waals surface area contributed by atoms with Gasteiger partial charge in [0.05, 0.1) is 18.7 Å². The molecule has 2 aromatic carbocycles. The second kappa shape index (κ2) is 9.18. The Kier molecular flexibility index (Phi) is 6.38. The highest BCUT2D eigenvalue weighted by molar-refractivity contribution is 6.07. The van der Waals surface area contributed by atoms with E-state index in [1.165, 1.54) is 12.1 Å². The second-order valence-corrected chi connectivity index (χ2v) is 9.87. The van der Waals surface area contributed by atoms with Gasteiger partial charge in [0, 0.05) is 23.1 Å². The summed E-state index contributed by atoms with van der Waals surface area (Å²) in [6.07, 6.45) is -1.93. The second-order valence-electron chi connectivity index (χ2n) is 9.87. The summed E-state index contributed by atoms with van der Waals surface area (Å²) in [5.41, 5.74) is 6.73. The number of carbonyl (C=O) groups is 3. The zero-order valence-corrected chi connectivity index (χ0v) is 20.6. The van der Waals surface area contributed by atoms with Crippen molar-refractivity contribution in [3.8, 4) is 17.2 Å². The summed E-state index contributed by atoms with van der Waals surface area (Å²) in [6.45, 7) is 7.93. The van der Waals surface area contributed by atoms with E-state index in [9.17, 15) is 19.5 Å². The number of amides is 1. The third kappa shape index (κ3) is 4.58. The van der Waals surface area contributed by atoms with Crippen LogP contribution in [0.5, 0.6) is 17.2 Å². The number of amidine groups is 1. The molecule has 4 N–H and O–H groups in total. The fourth-order valence-electron chi connectivity index (χ4n) is 4.37. The lowest BCUT2D eigenvalue weighted by molar-refractivity contribution is -0.156. The van der Waals surface area contributed by atoms with E-state index in [2.05, 4.69) is 0 Å². The summed E-state index contributed by atoms with van der Waals surface area (Å²) < 4.78 is 17.2. The lowest BCUT2D eigenvalue weighted by Crippen LogP contribution is -2.51. The molecule has 0 saturated carbocycles. The van der Waals surface area contributed by atoms with Gasteiger partial charge in [-0.15, -0.1) is 0 Å². The summed E-state index contributed by atoms with van der Waals surface area (Å²) in [7, 11) is 0. The highest BCUT2D eigenvalue weighted by atomic mass is 16.6. The number of hydrogen-bond donors (Lipinski definition) is 3. The molecule has 0 bridgehead atoms. The molecular weight excluding hydrogens is 466 g/mol. The van der Waals surface area contributed by atoms with Crippen molar-refractivity contribution < 1.29 is 33.7 Å². The molecule has 2 aliphatic heterocycles. The van der Waals surface area contributed by atoms with Crippen LogP contribution in [0.2, 0.25) is 0 Å². The molecule has 0 spiro atoms. The maximum Gasteiger partial charge on any atom is 0.348 e. The average Bonchev–Trinajstić information content (AvgIpc) is 3.10. The number of carboxylic acids is 1. The van der Waals surface area contributed by atoms with Crippen LogP contribution < -0.4 is 19.9 Å². The van der Waals surface area contributed by atoms with Crippen LogP contribution in [0.25, 0.3) is 0 Å². The molecule has 2 aliphatic rings. The van der Waals surface area contributed by atoms with E-state index in [4.69, 9.17) is 25.4 Å². The quantitative estimate of drug-likeness (QED) is 0.496. The number of carboxylic acid groups (broad SMARTS) is 1. The van der Waals surface area contributed by atoms with Crippen molar-refractivity contribution in [3.63, 3.8) is 0 Å². The van der Waals surface area contributed by atoms with Gasteiger partial charge in [0.2, 0.25) is 6.10 Å². The van der Waals surface area contributed by atoms with E-state index < -0.39 is 29.5 Å². The lowest BCUT2D eigenvalue weighted by atomic mass is 9.85. The average molecular weight is 496 g/mol. The van der Waals surface area contributed by atoms with Gasteiger partial charge in [-0.1, -0.05) is 20.8 Å². The van der Waals surface area contributed by atoms with Crippen LogP contribution in [-0.4, -0.2) is 58.9 Å². The molecule has 190 valence electrons. The van der Waals surface area contributed by atoms with Crippen LogP contribution in [-0.2, 0) is 11.3 Å². The molecule has 2 aromatic rings. The van der Waals surface area contributed by atoms with Gasteiger partial charge in [0.15, 0.2) is 23.4 Å². The number of hydrogen-bond acceptors (Lipinski definition) is 7. The lowest BCUT2D eigenvalue weighted by Gasteiger charge is -2.39. The molecule has 0 fully saturated rings. The van der Waals surface area contributed by atoms with Gasteiger partial charge >= 0.3 is 5.97 Å². The van der Waals surface area contributed by atoms with Crippen LogP contribution in [0.15, 0.2) is 30.3 Å². The number of carbonyl (C=O) groups excluding carboxylic acids is 2. The first-order valence-corrected chi connectivity index (χ1v) is 11.6. The van der Waals surface area contributed by atoms with E-state index >= 15 is 0 Å². The Labute approximate surface area is 208 Å². The van der Waals surface area contributed by atoms with Crippen molar-refractivity contribution in [3.05, 3.63) is 52.6 Å². The van der Waals surface area contributed by atoms with Crippen LogP contribution in [0.1, 0.15) is 59.5 Å². The van der Waals surface area contributed by atoms with Crippen molar-refractivity contribution >= 4 is 23.5 Å². The Morgan fingerprint density at radius 3 is 2.50 bits per heavy atom. The number of nitrogens with zero attached hydrogens (tertiary/aromatic N) is 1. The third-order valence-electron chi connectivity index (χ3n) is 6.18. The van der Waals surface area contributed by atoms with Gasteiger partial charge in [-0.05, 0) is 42.8 Å². The molecule has 0 saturated heterocycles. The van der Waals surface area contributed by atoms with Gasteiger partial charge < -0.3 is 30.0 Å². The number of rotatable bonds is 7. The Morgan fingerprint density at radius 2 is 1.89 bits per heavy atom. The van der Waals surface area contributed by atoms with Crippen LogP contribution in [0, 0.1) is 10.8 Å². The summed E-state index contributed by atoms with van der Waals surface area (Å²) >= 11 is 0. The Hall–Kier alpha value is -4.08. The molecule has 0 radical (unpaired) electrons. The first-order valence-electron chi connectivity index (χ1n) is 11.6.